The number of halogens is 1. The standard InChI is InChI=1S/C14H17BrN2O4/c1-9-3-11(5-12(4-9)17(19)20)14(18)16-7-10(2)21-13(6-15)8-16/h3-5,10,13H,6-8H2,1-2H3. The summed E-state index contributed by atoms with van der Waals surface area (Å²) in [5, 5.41) is 11.6. The van der Waals surface area contributed by atoms with Crippen molar-refractivity contribution in [2.24, 2.45) is 0 Å². The monoisotopic (exact) mass is 356 g/mol. The maximum Gasteiger partial charge on any atom is 0.270 e. The number of non-ortho nitro benzene ring substituents is 1. The Morgan fingerprint density at radius 1 is 1.48 bits per heavy atom. The lowest BCUT2D eigenvalue weighted by Crippen LogP contribution is -2.49. The fourth-order valence-electron chi connectivity index (χ4n) is 2.47. The first-order valence-corrected chi connectivity index (χ1v) is 7.79. The minimum absolute atomic E-state index is 0.0509. The van der Waals surface area contributed by atoms with E-state index < -0.39 is 4.92 Å². The number of nitro benzene ring substituents is 1. The van der Waals surface area contributed by atoms with Gasteiger partial charge in [0.2, 0.25) is 0 Å². The van der Waals surface area contributed by atoms with Crippen molar-refractivity contribution in [1.29, 1.82) is 0 Å². The zero-order valence-corrected chi connectivity index (χ0v) is 13.5. The Bertz CT molecular complexity index is 564. The molecule has 0 spiro atoms. The predicted octanol–water partition coefficient (Wildman–Crippen LogP) is 2.53. The third-order valence-corrected chi connectivity index (χ3v) is 4.03. The molecule has 6 nitrogen and oxygen atoms in total. The molecule has 7 heteroatoms. The molecule has 1 aliphatic heterocycles. The predicted molar refractivity (Wildman–Crippen MR) is 81.9 cm³/mol. The van der Waals surface area contributed by atoms with Crippen LogP contribution in [-0.4, -0.2) is 46.4 Å². The molecular formula is C14H17BrN2O4. The fourth-order valence-corrected chi connectivity index (χ4v) is 2.83. The van der Waals surface area contributed by atoms with Gasteiger partial charge in [-0.2, -0.15) is 0 Å². The van der Waals surface area contributed by atoms with Gasteiger partial charge in [0.1, 0.15) is 0 Å². The lowest BCUT2D eigenvalue weighted by atomic mass is 10.1. The van der Waals surface area contributed by atoms with Gasteiger partial charge in [0.15, 0.2) is 0 Å². The Hall–Kier alpha value is -1.47. The van der Waals surface area contributed by atoms with Gasteiger partial charge in [0, 0.05) is 36.1 Å². The van der Waals surface area contributed by atoms with Crippen LogP contribution in [-0.2, 0) is 4.74 Å². The number of morpholine rings is 1. The van der Waals surface area contributed by atoms with Crippen molar-refractivity contribution in [2.45, 2.75) is 26.1 Å². The summed E-state index contributed by atoms with van der Waals surface area (Å²) < 4.78 is 5.69. The number of carbonyl (C=O) groups is 1. The fraction of sp³-hybridized carbons (Fsp3) is 0.500. The normalized spacial score (nSPS) is 22.1. The quantitative estimate of drug-likeness (QED) is 0.473. The molecule has 2 atom stereocenters. The summed E-state index contributed by atoms with van der Waals surface area (Å²) in [6.07, 6.45) is -0.109. The number of aryl methyl sites for hydroxylation is 1. The molecule has 1 amide bonds. The molecule has 1 fully saturated rings. The second-order valence-electron chi connectivity index (χ2n) is 5.25. The van der Waals surface area contributed by atoms with E-state index in [2.05, 4.69) is 15.9 Å². The minimum Gasteiger partial charge on any atom is -0.371 e. The average Bonchev–Trinajstić information content (AvgIpc) is 2.45. The number of nitrogens with zero attached hydrogens (tertiary/aromatic N) is 2. The summed E-state index contributed by atoms with van der Waals surface area (Å²) in [6, 6.07) is 4.47. The van der Waals surface area contributed by atoms with Crippen LogP contribution in [0.15, 0.2) is 18.2 Å². The van der Waals surface area contributed by atoms with Gasteiger partial charge in [-0.1, -0.05) is 15.9 Å². The molecule has 0 aliphatic carbocycles. The molecule has 1 aromatic carbocycles. The highest BCUT2D eigenvalue weighted by atomic mass is 79.9. The molecular weight excluding hydrogens is 340 g/mol. The number of hydrogen-bond donors (Lipinski definition) is 0. The largest absolute Gasteiger partial charge is 0.371 e. The molecule has 0 aromatic heterocycles. The van der Waals surface area contributed by atoms with Gasteiger partial charge in [-0.05, 0) is 25.5 Å². The summed E-state index contributed by atoms with van der Waals surface area (Å²) in [5.41, 5.74) is 0.992. The molecule has 1 saturated heterocycles. The molecule has 0 bridgehead atoms. The summed E-state index contributed by atoms with van der Waals surface area (Å²) in [5.74, 6) is -0.192. The van der Waals surface area contributed by atoms with Crippen molar-refractivity contribution in [3.8, 4) is 0 Å². The average molecular weight is 357 g/mol. The molecule has 1 aromatic rings. The van der Waals surface area contributed by atoms with E-state index >= 15 is 0 Å². The number of rotatable bonds is 3. The topological polar surface area (TPSA) is 72.7 Å². The van der Waals surface area contributed by atoms with Gasteiger partial charge < -0.3 is 9.64 Å². The Morgan fingerprint density at radius 2 is 2.19 bits per heavy atom. The number of nitro groups is 1. The van der Waals surface area contributed by atoms with Crippen molar-refractivity contribution >= 4 is 27.5 Å². The third-order valence-electron chi connectivity index (χ3n) is 3.31. The van der Waals surface area contributed by atoms with Gasteiger partial charge in [-0.3, -0.25) is 14.9 Å². The Labute approximate surface area is 131 Å². The zero-order chi connectivity index (χ0) is 15.6. The maximum absolute atomic E-state index is 12.6. The second-order valence-corrected chi connectivity index (χ2v) is 5.89. The van der Waals surface area contributed by atoms with Crippen LogP contribution in [0.5, 0.6) is 0 Å². The van der Waals surface area contributed by atoms with Crippen molar-refractivity contribution in [2.75, 3.05) is 18.4 Å². The van der Waals surface area contributed by atoms with Crippen LogP contribution in [0.2, 0.25) is 0 Å². The summed E-state index contributed by atoms with van der Waals surface area (Å²) in [4.78, 5) is 24.7. The minimum atomic E-state index is -0.479. The second kappa shape index (κ2) is 6.53. The Morgan fingerprint density at radius 3 is 2.81 bits per heavy atom. The van der Waals surface area contributed by atoms with E-state index in [1.54, 1.807) is 17.9 Å². The van der Waals surface area contributed by atoms with Crippen LogP contribution in [0.25, 0.3) is 0 Å². The van der Waals surface area contributed by atoms with E-state index in [0.29, 0.717) is 29.5 Å². The number of benzene rings is 1. The first-order valence-electron chi connectivity index (χ1n) is 6.67. The summed E-state index contributed by atoms with van der Waals surface area (Å²) in [6.45, 7) is 4.63. The number of carbonyl (C=O) groups excluding carboxylic acids is 1. The maximum atomic E-state index is 12.6. The zero-order valence-electron chi connectivity index (χ0n) is 11.9. The van der Waals surface area contributed by atoms with Crippen LogP contribution in [0.1, 0.15) is 22.8 Å². The lowest BCUT2D eigenvalue weighted by Gasteiger charge is -2.36. The molecule has 1 heterocycles. The van der Waals surface area contributed by atoms with Crippen molar-refractivity contribution in [3.05, 3.63) is 39.4 Å². The van der Waals surface area contributed by atoms with E-state index in [1.165, 1.54) is 12.1 Å². The van der Waals surface area contributed by atoms with Crippen molar-refractivity contribution in [3.63, 3.8) is 0 Å². The molecule has 0 saturated carbocycles. The van der Waals surface area contributed by atoms with Gasteiger partial charge >= 0.3 is 0 Å². The van der Waals surface area contributed by atoms with E-state index in [0.717, 1.165) is 0 Å². The highest BCUT2D eigenvalue weighted by Gasteiger charge is 2.29. The van der Waals surface area contributed by atoms with E-state index in [4.69, 9.17) is 4.74 Å². The van der Waals surface area contributed by atoms with Crippen LogP contribution in [0.3, 0.4) is 0 Å². The third kappa shape index (κ3) is 3.79. The van der Waals surface area contributed by atoms with Gasteiger partial charge in [0.25, 0.3) is 11.6 Å². The van der Waals surface area contributed by atoms with Crippen molar-refractivity contribution < 1.29 is 14.5 Å². The van der Waals surface area contributed by atoms with E-state index in [9.17, 15) is 14.9 Å². The van der Waals surface area contributed by atoms with Gasteiger partial charge in [-0.25, -0.2) is 0 Å². The van der Waals surface area contributed by atoms with Crippen LogP contribution in [0.4, 0.5) is 5.69 Å². The molecule has 0 N–H and O–H groups in total. The van der Waals surface area contributed by atoms with Gasteiger partial charge in [-0.15, -0.1) is 0 Å². The molecule has 0 radical (unpaired) electrons. The number of alkyl halides is 1. The lowest BCUT2D eigenvalue weighted by molar-refractivity contribution is -0.384. The van der Waals surface area contributed by atoms with Crippen LogP contribution < -0.4 is 0 Å². The first-order chi connectivity index (χ1) is 9.90. The molecule has 114 valence electrons. The Balaban J connectivity index is 2.25. The summed E-state index contributed by atoms with van der Waals surface area (Å²) in [7, 11) is 0. The Kier molecular flexibility index (Phi) is 4.95. The number of amides is 1. The number of hydrogen-bond acceptors (Lipinski definition) is 4. The number of ether oxygens (including phenoxy) is 1. The molecule has 1 aliphatic rings. The summed E-state index contributed by atoms with van der Waals surface area (Å²) >= 11 is 3.36. The smallest absolute Gasteiger partial charge is 0.270 e. The van der Waals surface area contributed by atoms with Crippen LogP contribution in [0, 0.1) is 17.0 Å². The SMILES string of the molecule is Cc1cc(C(=O)N2CC(C)OC(CBr)C2)cc([N+](=O)[O-])c1. The molecule has 2 rings (SSSR count). The highest BCUT2D eigenvalue weighted by molar-refractivity contribution is 9.09. The van der Waals surface area contributed by atoms with Crippen molar-refractivity contribution in [1.82, 2.24) is 4.90 Å². The van der Waals surface area contributed by atoms with E-state index in [-0.39, 0.29) is 23.8 Å². The van der Waals surface area contributed by atoms with Gasteiger partial charge in [0.05, 0.1) is 17.1 Å². The highest BCUT2D eigenvalue weighted by Crippen LogP contribution is 2.20. The first kappa shape index (κ1) is 15.9. The molecule has 21 heavy (non-hydrogen) atoms. The molecule has 2 unspecified atom stereocenters. The van der Waals surface area contributed by atoms with Crippen LogP contribution >= 0.6 is 15.9 Å². The van der Waals surface area contributed by atoms with E-state index in [1.807, 2.05) is 6.92 Å².